The molecule has 0 saturated carbocycles. The number of amides is 1. The summed E-state index contributed by atoms with van der Waals surface area (Å²) in [6.07, 6.45) is 1.55. The lowest BCUT2D eigenvalue weighted by Gasteiger charge is -2.04. The lowest BCUT2D eigenvalue weighted by atomic mass is 10.1. The van der Waals surface area contributed by atoms with Crippen LogP contribution in [0.25, 0.3) is 11.5 Å². The SMILES string of the molecule is Cc1cccc(-c2nnc(SCC(=O)Nc3cccnc3Cl)o2)c1. The number of rotatable bonds is 5. The predicted molar refractivity (Wildman–Crippen MR) is 93.1 cm³/mol. The van der Waals surface area contributed by atoms with Crippen LogP contribution in [0.1, 0.15) is 5.56 Å². The third-order valence-corrected chi connectivity index (χ3v) is 4.15. The van der Waals surface area contributed by atoms with E-state index in [9.17, 15) is 4.79 Å². The molecule has 24 heavy (non-hydrogen) atoms. The molecule has 0 saturated heterocycles. The van der Waals surface area contributed by atoms with Gasteiger partial charge in [0.2, 0.25) is 11.8 Å². The van der Waals surface area contributed by atoms with Gasteiger partial charge >= 0.3 is 0 Å². The highest BCUT2D eigenvalue weighted by molar-refractivity contribution is 7.99. The Labute approximate surface area is 147 Å². The van der Waals surface area contributed by atoms with Gasteiger partial charge in [0.25, 0.3) is 5.22 Å². The molecule has 0 aliphatic rings. The van der Waals surface area contributed by atoms with Crippen LogP contribution < -0.4 is 5.32 Å². The highest BCUT2D eigenvalue weighted by Gasteiger charge is 2.12. The molecular weight excluding hydrogens is 348 g/mol. The Hall–Kier alpha value is -2.38. The lowest BCUT2D eigenvalue weighted by molar-refractivity contribution is -0.113. The fourth-order valence-electron chi connectivity index (χ4n) is 1.96. The van der Waals surface area contributed by atoms with Crippen molar-refractivity contribution in [3.63, 3.8) is 0 Å². The lowest BCUT2D eigenvalue weighted by Crippen LogP contribution is -2.14. The fourth-order valence-corrected chi connectivity index (χ4v) is 2.69. The second kappa shape index (κ2) is 7.46. The Morgan fingerprint density at radius 1 is 1.29 bits per heavy atom. The van der Waals surface area contributed by atoms with E-state index in [0.29, 0.717) is 16.8 Å². The molecule has 6 nitrogen and oxygen atoms in total. The zero-order chi connectivity index (χ0) is 16.9. The van der Waals surface area contributed by atoms with E-state index in [-0.39, 0.29) is 16.8 Å². The number of nitrogens with zero attached hydrogens (tertiary/aromatic N) is 3. The molecule has 2 aromatic heterocycles. The number of halogens is 1. The highest BCUT2D eigenvalue weighted by Crippen LogP contribution is 2.24. The smallest absolute Gasteiger partial charge is 0.277 e. The number of hydrogen-bond acceptors (Lipinski definition) is 6. The Bertz CT molecular complexity index is 869. The summed E-state index contributed by atoms with van der Waals surface area (Å²) in [5.74, 6) is 0.322. The van der Waals surface area contributed by atoms with Gasteiger partial charge in [0.15, 0.2) is 5.15 Å². The first-order chi connectivity index (χ1) is 11.6. The van der Waals surface area contributed by atoms with Crippen LogP contribution in [0.5, 0.6) is 0 Å². The van der Waals surface area contributed by atoms with Crippen molar-refractivity contribution in [1.82, 2.24) is 15.2 Å². The van der Waals surface area contributed by atoms with Gasteiger partial charge in [-0.15, -0.1) is 10.2 Å². The van der Waals surface area contributed by atoms with Crippen LogP contribution in [0.2, 0.25) is 5.15 Å². The van der Waals surface area contributed by atoms with Crippen molar-refractivity contribution in [1.29, 1.82) is 0 Å². The van der Waals surface area contributed by atoms with Gasteiger partial charge in [-0.2, -0.15) is 0 Å². The summed E-state index contributed by atoms with van der Waals surface area (Å²) in [6.45, 7) is 1.99. The number of anilines is 1. The van der Waals surface area contributed by atoms with Crippen molar-refractivity contribution >= 4 is 35.0 Å². The molecule has 0 fully saturated rings. The average molecular weight is 361 g/mol. The fraction of sp³-hybridized carbons (Fsp3) is 0.125. The molecule has 3 aromatic rings. The topological polar surface area (TPSA) is 80.9 Å². The van der Waals surface area contributed by atoms with Gasteiger partial charge < -0.3 is 9.73 Å². The first-order valence-electron chi connectivity index (χ1n) is 7.05. The van der Waals surface area contributed by atoms with Crippen LogP contribution in [-0.4, -0.2) is 26.8 Å². The van der Waals surface area contributed by atoms with E-state index in [2.05, 4.69) is 20.5 Å². The predicted octanol–water partition coefficient (Wildman–Crippen LogP) is 3.82. The molecule has 1 aromatic carbocycles. The molecule has 0 unspecified atom stereocenters. The highest BCUT2D eigenvalue weighted by atomic mass is 35.5. The standard InChI is InChI=1S/C16H13ClN4O2S/c1-10-4-2-5-11(8-10)15-20-21-16(23-15)24-9-13(22)19-12-6-3-7-18-14(12)17/h2-8H,9H2,1H3,(H,19,22). The van der Waals surface area contributed by atoms with E-state index < -0.39 is 0 Å². The van der Waals surface area contributed by atoms with Crippen LogP contribution in [0, 0.1) is 6.92 Å². The van der Waals surface area contributed by atoms with Gasteiger partial charge in [-0.05, 0) is 31.2 Å². The van der Waals surface area contributed by atoms with Crippen LogP contribution in [0.3, 0.4) is 0 Å². The number of hydrogen-bond donors (Lipinski definition) is 1. The van der Waals surface area contributed by atoms with Gasteiger partial charge in [0.05, 0.1) is 11.4 Å². The van der Waals surface area contributed by atoms with E-state index >= 15 is 0 Å². The summed E-state index contributed by atoms with van der Waals surface area (Å²) in [4.78, 5) is 15.8. The zero-order valence-corrected chi connectivity index (χ0v) is 14.3. The maximum atomic E-state index is 12.0. The summed E-state index contributed by atoms with van der Waals surface area (Å²) < 4.78 is 5.57. The zero-order valence-electron chi connectivity index (χ0n) is 12.7. The number of pyridine rings is 1. The largest absolute Gasteiger partial charge is 0.411 e. The van der Waals surface area contributed by atoms with Crippen LogP contribution in [0.4, 0.5) is 5.69 Å². The average Bonchev–Trinajstić information content (AvgIpc) is 3.04. The molecule has 0 radical (unpaired) electrons. The maximum absolute atomic E-state index is 12.0. The van der Waals surface area contributed by atoms with E-state index in [1.54, 1.807) is 18.3 Å². The number of thioether (sulfide) groups is 1. The third kappa shape index (κ3) is 4.12. The number of benzene rings is 1. The van der Waals surface area contributed by atoms with Crippen LogP contribution in [0.15, 0.2) is 52.2 Å². The van der Waals surface area contributed by atoms with E-state index in [1.807, 2.05) is 31.2 Å². The minimum Gasteiger partial charge on any atom is -0.411 e. The normalized spacial score (nSPS) is 10.6. The monoisotopic (exact) mass is 360 g/mol. The van der Waals surface area contributed by atoms with Gasteiger partial charge in [0, 0.05) is 11.8 Å². The van der Waals surface area contributed by atoms with Crippen molar-refractivity contribution in [3.8, 4) is 11.5 Å². The number of carbonyl (C=O) groups is 1. The second-order valence-corrected chi connectivity index (χ2v) is 6.21. The molecule has 0 aliphatic carbocycles. The summed E-state index contributed by atoms with van der Waals surface area (Å²) >= 11 is 7.05. The molecule has 3 rings (SSSR count). The molecule has 0 aliphatic heterocycles. The maximum Gasteiger partial charge on any atom is 0.277 e. The quantitative estimate of drug-likeness (QED) is 0.550. The van der Waals surface area contributed by atoms with E-state index in [1.165, 1.54) is 0 Å². The third-order valence-electron chi connectivity index (χ3n) is 3.03. The number of aromatic nitrogens is 3. The Kier molecular flexibility index (Phi) is 5.12. The first kappa shape index (κ1) is 16.5. The van der Waals surface area contributed by atoms with Crippen molar-refractivity contribution in [3.05, 3.63) is 53.3 Å². The molecule has 2 heterocycles. The minimum absolute atomic E-state index is 0.126. The molecule has 122 valence electrons. The van der Waals surface area contributed by atoms with Crippen molar-refractivity contribution < 1.29 is 9.21 Å². The van der Waals surface area contributed by atoms with Gasteiger partial charge in [-0.3, -0.25) is 4.79 Å². The summed E-state index contributed by atoms with van der Waals surface area (Å²) in [5, 5.41) is 11.2. The minimum atomic E-state index is -0.231. The number of aryl methyl sites for hydroxylation is 1. The Morgan fingerprint density at radius 2 is 2.17 bits per heavy atom. The van der Waals surface area contributed by atoms with Gasteiger partial charge in [0.1, 0.15) is 0 Å². The molecule has 1 amide bonds. The van der Waals surface area contributed by atoms with Crippen LogP contribution >= 0.6 is 23.4 Å². The van der Waals surface area contributed by atoms with E-state index in [0.717, 1.165) is 22.9 Å². The van der Waals surface area contributed by atoms with Crippen molar-refractivity contribution in [2.45, 2.75) is 12.1 Å². The van der Waals surface area contributed by atoms with Gasteiger partial charge in [-0.1, -0.05) is 41.1 Å². The first-order valence-corrected chi connectivity index (χ1v) is 8.42. The van der Waals surface area contributed by atoms with E-state index in [4.69, 9.17) is 16.0 Å². The van der Waals surface area contributed by atoms with Crippen LogP contribution in [-0.2, 0) is 4.79 Å². The number of nitrogens with one attached hydrogen (secondary N) is 1. The number of carbonyl (C=O) groups excluding carboxylic acids is 1. The molecule has 0 atom stereocenters. The molecular formula is C16H13ClN4O2S. The van der Waals surface area contributed by atoms with Crippen molar-refractivity contribution in [2.75, 3.05) is 11.1 Å². The summed E-state index contributed by atoms with van der Waals surface area (Å²) in [7, 11) is 0. The Morgan fingerprint density at radius 3 is 2.96 bits per heavy atom. The second-order valence-electron chi connectivity index (χ2n) is 4.92. The molecule has 1 N–H and O–H groups in total. The van der Waals surface area contributed by atoms with Gasteiger partial charge in [-0.25, -0.2) is 4.98 Å². The Balaban J connectivity index is 1.59. The summed E-state index contributed by atoms with van der Waals surface area (Å²) in [6, 6.07) is 11.1. The molecule has 0 spiro atoms. The molecule has 0 bridgehead atoms. The van der Waals surface area contributed by atoms with Crippen molar-refractivity contribution in [2.24, 2.45) is 0 Å². The summed E-state index contributed by atoms with van der Waals surface area (Å²) in [5.41, 5.74) is 2.42. The molecule has 8 heteroatoms.